The van der Waals surface area contributed by atoms with Crippen molar-refractivity contribution in [2.45, 2.75) is 63.1 Å². The van der Waals surface area contributed by atoms with E-state index >= 15 is 0 Å². The van der Waals surface area contributed by atoms with Crippen molar-refractivity contribution in [1.29, 1.82) is 0 Å². The molecule has 2 aliphatic carbocycles. The van der Waals surface area contributed by atoms with Gasteiger partial charge in [0.15, 0.2) is 0 Å². The fourth-order valence-electron chi connectivity index (χ4n) is 3.04. The van der Waals surface area contributed by atoms with Crippen LogP contribution in [0.5, 0.6) is 0 Å². The van der Waals surface area contributed by atoms with E-state index in [0.717, 1.165) is 32.2 Å². The van der Waals surface area contributed by atoms with Crippen LogP contribution in [-0.2, 0) is 11.3 Å². The van der Waals surface area contributed by atoms with E-state index in [1.807, 2.05) is 0 Å². The third-order valence-electron chi connectivity index (χ3n) is 4.32. The van der Waals surface area contributed by atoms with Crippen molar-refractivity contribution in [2.24, 2.45) is 5.73 Å². The minimum Gasteiger partial charge on any atom is -0.335 e. The largest absolute Gasteiger partial charge is 0.335 e. The Morgan fingerprint density at radius 2 is 2.16 bits per heavy atom. The average Bonchev–Trinajstić information content (AvgIpc) is 2.91. The molecule has 0 saturated heterocycles. The molecule has 1 aromatic heterocycles. The predicted octanol–water partition coefficient (Wildman–Crippen LogP) is 2.90. The van der Waals surface area contributed by atoms with Gasteiger partial charge in [0, 0.05) is 22.9 Å². The molecule has 1 heterocycles. The van der Waals surface area contributed by atoms with E-state index in [4.69, 9.17) is 5.73 Å². The van der Waals surface area contributed by atoms with Gasteiger partial charge >= 0.3 is 0 Å². The van der Waals surface area contributed by atoms with E-state index in [-0.39, 0.29) is 11.4 Å². The Bertz CT molecular complexity index is 433. The van der Waals surface area contributed by atoms with Gasteiger partial charge in [-0.25, -0.2) is 0 Å². The Hall–Kier alpha value is -0.870. The van der Waals surface area contributed by atoms with Gasteiger partial charge < -0.3 is 10.6 Å². The minimum absolute atomic E-state index is 0.223. The van der Waals surface area contributed by atoms with Gasteiger partial charge in [-0.1, -0.05) is 18.9 Å². The van der Waals surface area contributed by atoms with Crippen LogP contribution in [0.25, 0.3) is 0 Å². The van der Waals surface area contributed by atoms with Gasteiger partial charge in [0.05, 0.1) is 6.54 Å². The molecule has 19 heavy (non-hydrogen) atoms. The summed E-state index contributed by atoms with van der Waals surface area (Å²) in [5.74, 6) is 0.264. The molecule has 1 aromatic rings. The van der Waals surface area contributed by atoms with E-state index in [1.54, 1.807) is 11.3 Å². The Balaban J connectivity index is 1.64. The molecule has 1 amide bonds. The first-order valence-corrected chi connectivity index (χ1v) is 8.15. The Kier molecular flexibility index (Phi) is 3.63. The summed E-state index contributed by atoms with van der Waals surface area (Å²) in [6.07, 6.45) is 7.24. The van der Waals surface area contributed by atoms with Crippen LogP contribution in [0, 0.1) is 0 Å². The molecule has 2 aliphatic rings. The first kappa shape index (κ1) is 13.1. The van der Waals surface area contributed by atoms with Crippen molar-refractivity contribution in [3.63, 3.8) is 0 Å². The van der Waals surface area contributed by atoms with E-state index in [1.165, 1.54) is 17.7 Å². The quantitative estimate of drug-likeness (QED) is 0.900. The van der Waals surface area contributed by atoms with Crippen LogP contribution < -0.4 is 5.73 Å². The standard InChI is InChI=1S/C15H22N2OS/c16-15(7-1-2-8-15)10-14(18)17(12-5-6-12)11-13-4-3-9-19-13/h3-4,9,12H,1-2,5-8,10-11,16H2. The van der Waals surface area contributed by atoms with E-state index < -0.39 is 0 Å². The van der Waals surface area contributed by atoms with E-state index in [0.29, 0.717) is 12.5 Å². The Morgan fingerprint density at radius 3 is 2.74 bits per heavy atom. The number of carbonyl (C=O) groups excluding carboxylic acids is 1. The number of carbonyl (C=O) groups is 1. The minimum atomic E-state index is -0.223. The van der Waals surface area contributed by atoms with Crippen LogP contribution in [0.4, 0.5) is 0 Å². The lowest BCUT2D eigenvalue weighted by Crippen LogP contribution is -2.44. The third-order valence-corrected chi connectivity index (χ3v) is 5.18. The fraction of sp³-hybridized carbons (Fsp3) is 0.667. The molecule has 3 rings (SSSR count). The van der Waals surface area contributed by atoms with Crippen molar-refractivity contribution >= 4 is 17.2 Å². The van der Waals surface area contributed by atoms with Crippen LogP contribution in [0.15, 0.2) is 17.5 Å². The molecule has 0 spiro atoms. The molecule has 0 atom stereocenters. The number of thiophene rings is 1. The Labute approximate surface area is 118 Å². The molecule has 4 heteroatoms. The molecule has 0 unspecified atom stereocenters. The first-order chi connectivity index (χ1) is 9.16. The predicted molar refractivity (Wildman–Crippen MR) is 77.9 cm³/mol. The van der Waals surface area contributed by atoms with Crippen molar-refractivity contribution in [3.8, 4) is 0 Å². The molecule has 104 valence electrons. The second kappa shape index (κ2) is 5.25. The van der Waals surface area contributed by atoms with Gasteiger partial charge in [-0.15, -0.1) is 11.3 Å². The van der Waals surface area contributed by atoms with Crippen molar-refractivity contribution in [1.82, 2.24) is 4.90 Å². The van der Waals surface area contributed by atoms with Gasteiger partial charge in [0.2, 0.25) is 5.91 Å². The zero-order valence-corrected chi connectivity index (χ0v) is 12.1. The maximum absolute atomic E-state index is 12.6. The molecule has 0 aromatic carbocycles. The van der Waals surface area contributed by atoms with E-state index in [2.05, 4.69) is 22.4 Å². The summed E-state index contributed by atoms with van der Waals surface area (Å²) in [6, 6.07) is 4.64. The molecule has 3 nitrogen and oxygen atoms in total. The van der Waals surface area contributed by atoms with E-state index in [9.17, 15) is 4.79 Å². The highest BCUT2D eigenvalue weighted by atomic mass is 32.1. The van der Waals surface area contributed by atoms with Gasteiger partial charge in [-0.3, -0.25) is 4.79 Å². The van der Waals surface area contributed by atoms with Crippen LogP contribution in [-0.4, -0.2) is 22.4 Å². The molecule has 2 N–H and O–H groups in total. The van der Waals surface area contributed by atoms with Crippen molar-refractivity contribution in [3.05, 3.63) is 22.4 Å². The number of amides is 1. The van der Waals surface area contributed by atoms with Crippen LogP contribution in [0.2, 0.25) is 0 Å². The summed E-state index contributed by atoms with van der Waals surface area (Å²) in [5, 5.41) is 2.08. The highest BCUT2D eigenvalue weighted by molar-refractivity contribution is 7.09. The van der Waals surface area contributed by atoms with Crippen molar-refractivity contribution in [2.75, 3.05) is 0 Å². The molecule has 0 aliphatic heterocycles. The second-order valence-corrected chi connectivity index (χ2v) is 7.11. The average molecular weight is 278 g/mol. The lowest BCUT2D eigenvalue weighted by atomic mass is 9.94. The zero-order valence-electron chi connectivity index (χ0n) is 11.3. The van der Waals surface area contributed by atoms with Crippen molar-refractivity contribution < 1.29 is 4.79 Å². The lowest BCUT2D eigenvalue weighted by molar-refractivity contribution is -0.133. The monoisotopic (exact) mass is 278 g/mol. The number of hydrogen-bond acceptors (Lipinski definition) is 3. The normalized spacial score (nSPS) is 21.5. The molecular weight excluding hydrogens is 256 g/mol. The Morgan fingerprint density at radius 1 is 1.42 bits per heavy atom. The first-order valence-electron chi connectivity index (χ1n) is 7.27. The smallest absolute Gasteiger partial charge is 0.224 e. The fourth-order valence-corrected chi connectivity index (χ4v) is 3.74. The van der Waals surface area contributed by atoms with Crippen LogP contribution in [0.1, 0.15) is 49.8 Å². The number of hydrogen-bond donors (Lipinski definition) is 1. The van der Waals surface area contributed by atoms with Crippen LogP contribution >= 0.6 is 11.3 Å². The summed E-state index contributed by atoms with van der Waals surface area (Å²) < 4.78 is 0. The van der Waals surface area contributed by atoms with Crippen LogP contribution in [0.3, 0.4) is 0 Å². The maximum Gasteiger partial charge on any atom is 0.224 e. The number of rotatable bonds is 5. The molecule has 0 bridgehead atoms. The molecule has 0 radical (unpaired) electrons. The lowest BCUT2D eigenvalue weighted by Gasteiger charge is -2.28. The zero-order chi connectivity index (χ0) is 13.3. The SMILES string of the molecule is NC1(CC(=O)N(Cc2cccs2)C2CC2)CCCC1. The highest BCUT2D eigenvalue weighted by Gasteiger charge is 2.38. The van der Waals surface area contributed by atoms with Gasteiger partial charge in [0.25, 0.3) is 0 Å². The number of nitrogens with zero attached hydrogens (tertiary/aromatic N) is 1. The molecule has 2 saturated carbocycles. The van der Waals surface area contributed by atoms with Gasteiger partial charge in [-0.05, 0) is 37.1 Å². The third kappa shape index (κ3) is 3.18. The van der Waals surface area contributed by atoms with Gasteiger partial charge in [-0.2, -0.15) is 0 Å². The highest BCUT2D eigenvalue weighted by Crippen LogP contribution is 2.34. The molecular formula is C15H22N2OS. The summed E-state index contributed by atoms with van der Waals surface area (Å²) in [6.45, 7) is 0.775. The maximum atomic E-state index is 12.6. The summed E-state index contributed by atoms with van der Waals surface area (Å²) in [7, 11) is 0. The summed E-state index contributed by atoms with van der Waals surface area (Å²) in [4.78, 5) is 15.9. The topological polar surface area (TPSA) is 46.3 Å². The number of nitrogens with two attached hydrogens (primary N) is 1. The van der Waals surface area contributed by atoms with Gasteiger partial charge in [0.1, 0.15) is 0 Å². The summed E-state index contributed by atoms with van der Waals surface area (Å²) in [5.41, 5.74) is 6.12. The second-order valence-electron chi connectivity index (χ2n) is 6.08. The summed E-state index contributed by atoms with van der Waals surface area (Å²) >= 11 is 1.73. The molecule has 2 fully saturated rings.